The predicted octanol–water partition coefficient (Wildman–Crippen LogP) is 3.90. The van der Waals surface area contributed by atoms with Gasteiger partial charge >= 0.3 is 0 Å². The molecule has 0 N–H and O–H groups in total. The molecule has 0 aliphatic heterocycles. The first kappa shape index (κ1) is 14.8. The fourth-order valence-electron chi connectivity index (χ4n) is 1.59. The Balaban J connectivity index is 2.22. The molecule has 0 saturated heterocycles. The maximum Gasteiger partial charge on any atom is 0.199 e. The minimum atomic E-state index is -3.42. The van der Waals surface area contributed by atoms with Crippen LogP contribution in [0.15, 0.2) is 63.3 Å². The van der Waals surface area contributed by atoms with E-state index in [1.807, 2.05) is 0 Å². The molecule has 0 bridgehead atoms. The van der Waals surface area contributed by atoms with Crippen molar-refractivity contribution in [1.29, 1.82) is 0 Å². The zero-order valence-electron chi connectivity index (χ0n) is 10.8. The van der Waals surface area contributed by atoms with Crippen molar-refractivity contribution in [3.05, 3.63) is 64.0 Å². The zero-order chi connectivity index (χ0) is 14.6. The van der Waals surface area contributed by atoms with Crippen LogP contribution in [0.4, 0.5) is 0 Å². The lowest BCUT2D eigenvalue weighted by atomic mass is 10.2. The van der Waals surface area contributed by atoms with Crippen molar-refractivity contribution in [2.45, 2.75) is 4.90 Å². The number of sulfone groups is 1. The van der Waals surface area contributed by atoms with E-state index >= 15 is 0 Å². The van der Waals surface area contributed by atoms with Crippen LogP contribution < -0.4 is 4.74 Å². The van der Waals surface area contributed by atoms with Crippen LogP contribution in [0.1, 0.15) is 5.56 Å². The maximum absolute atomic E-state index is 12.1. The molecule has 0 aromatic heterocycles. The van der Waals surface area contributed by atoms with Gasteiger partial charge in [0.2, 0.25) is 0 Å². The van der Waals surface area contributed by atoms with Gasteiger partial charge in [0.05, 0.1) is 12.0 Å². The average Bonchev–Trinajstić information content (AvgIpc) is 2.46. The molecular weight excluding hydrogens is 340 g/mol. The summed E-state index contributed by atoms with van der Waals surface area (Å²) in [5, 5.41) is 1.21. The van der Waals surface area contributed by atoms with E-state index in [2.05, 4.69) is 15.9 Å². The van der Waals surface area contributed by atoms with Crippen LogP contribution in [0, 0.1) is 0 Å². The maximum atomic E-state index is 12.1. The number of methoxy groups -OCH3 is 1. The highest BCUT2D eigenvalue weighted by Crippen LogP contribution is 2.18. The number of benzene rings is 2. The Morgan fingerprint density at radius 2 is 1.60 bits per heavy atom. The second-order valence-electron chi connectivity index (χ2n) is 4.07. The third kappa shape index (κ3) is 3.71. The van der Waals surface area contributed by atoms with Crippen LogP contribution in [0.25, 0.3) is 6.08 Å². The predicted molar refractivity (Wildman–Crippen MR) is 83.4 cm³/mol. The molecular formula is C15H13BrO3S. The highest BCUT2D eigenvalue weighted by Gasteiger charge is 2.09. The van der Waals surface area contributed by atoms with Gasteiger partial charge in [-0.05, 0) is 48.0 Å². The fourth-order valence-corrected chi connectivity index (χ4v) is 2.86. The van der Waals surface area contributed by atoms with E-state index in [1.54, 1.807) is 61.7 Å². The molecule has 0 aliphatic carbocycles. The monoisotopic (exact) mass is 352 g/mol. The lowest BCUT2D eigenvalue weighted by molar-refractivity contribution is 0.415. The molecule has 3 nitrogen and oxygen atoms in total. The Hall–Kier alpha value is -1.59. The smallest absolute Gasteiger partial charge is 0.199 e. The number of hydrogen-bond acceptors (Lipinski definition) is 3. The standard InChI is InChI=1S/C15H13BrO3S/c1-19-14-6-2-12(3-7-14)10-11-20(17,18)15-8-4-13(16)5-9-15/h2-11H,1H3/b11-10+. The topological polar surface area (TPSA) is 43.4 Å². The van der Waals surface area contributed by atoms with Gasteiger partial charge in [-0.25, -0.2) is 8.42 Å². The van der Waals surface area contributed by atoms with E-state index in [9.17, 15) is 8.42 Å². The molecule has 20 heavy (non-hydrogen) atoms. The quantitative estimate of drug-likeness (QED) is 0.837. The van der Waals surface area contributed by atoms with Crippen LogP contribution in [0.2, 0.25) is 0 Å². The van der Waals surface area contributed by atoms with Crippen LogP contribution in [-0.2, 0) is 9.84 Å². The van der Waals surface area contributed by atoms with Gasteiger partial charge in [0.1, 0.15) is 5.75 Å². The second kappa shape index (κ2) is 6.24. The number of rotatable bonds is 4. The van der Waals surface area contributed by atoms with Gasteiger partial charge in [0.25, 0.3) is 0 Å². The minimum Gasteiger partial charge on any atom is -0.497 e. The normalized spacial score (nSPS) is 11.7. The summed E-state index contributed by atoms with van der Waals surface area (Å²) < 4.78 is 30.1. The lowest BCUT2D eigenvalue weighted by Gasteiger charge is -2.01. The molecule has 0 spiro atoms. The van der Waals surface area contributed by atoms with Crippen molar-refractivity contribution in [1.82, 2.24) is 0 Å². The van der Waals surface area contributed by atoms with E-state index in [0.717, 1.165) is 15.8 Å². The molecule has 0 radical (unpaired) electrons. The van der Waals surface area contributed by atoms with Gasteiger partial charge in [0.15, 0.2) is 9.84 Å². The Morgan fingerprint density at radius 1 is 1.00 bits per heavy atom. The summed E-state index contributed by atoms with van der Waals surface area (Å²) in [5.41, 5.74) is 0.798. The largest absolute Gasteiger partial charge is 0.497 e. The SMILES string of the molecule is COc1ccc(/C=C/S(=O)(=O)c2ccc(Br)cc2)cc1. The first-order chi connectivity index (χ1) is 9.51. The van der Waals surface area contributed by atoms with Crippen molar-refractivity contribution < 1.29 is 13.2 Å². The van der Waals surface area contributed by atoms with Gasteiger partial charge in [-0.15, -0.1) is 0 Å². The summed E-state index contributed by atoms with van der Waals surface area (Å²) in [6.07, 6.45) is 1.57. The van der Waals surface area contributed by atoms with E-state index in [4.69, 9.17) is 4.74 Å². The number of halogens is 1. The Bertz CT molecular complexity index is 702. The lowest BCUT2D eigenvalue weighted by Crippen LogP contribution is -1.95. The van der Waals surface area contributed by atoms with Gasteiger partial charge in [0, 0.05) is 9.88 Å². The van der Waals surface area contributed by atoms with Crippen molar-refractivity contribution >= 4 is 31.8 Å². The third-order valence-corrected chi connectivity index (χ3v) is 4.65. The molecule has 2 rings (SSSR count). The average molecular weight is 353 g/mol. The summed E-state index contributed by atoms with van der Waals surface area (Å²) in [6, 6.07) is 13.7. The molecule has 0 amide bonds. The molecule has 0 atom stereocenters. The summed E-state index contributed by atoms with van der Waals surface area (Å²) in [7, 11) is -1.84. The molecule has 0 fully saturated rings. The van der Waals surface area contributed by atoms with E-state index in [0.29, 0.717) is 0 Å². The molecule has 0 heterocycles. The summed E-state index contributed by atoms with van der Waals surface area (Å²) in [6.45, 7) is 0. The molecule has 2 aromatic carbocycles. The van der Waals surface area contributed by atoms with Crippen molar-refractivity contribution in [2.24, 2.45) is 0 Å². The Morgan fingerprint density at radius 3 is 2.15 bits per heavy atom. The van der Waals surface area contributed by atoms with Crippen LogP contribution in [-0.4, -0.2) is 15.5 Å². The summed E-state index contributed by atoms with van der Waals surface area (Å²) in [4.78, 5) is 0.269. The molecule has 2 aromatic rings. The highest BCUT2D eigenvalue weighted by atomic mass is 79.9. The fraction of sp³-hybridized carbons (Fsp3) is 0.0667. The van der Waals surface area contributed by atoms with E-state index in [-0.39, 0.29) is 4.90 Å². The van der Waals surface area contributed by atoms with Crippen molar-refractivity contribution in [3.63, 3.8) is 0 Å². The van der Waals surface area contributed by atoms with Crippen molar-refractivity contribution in [2.75, 3.05) is 7.11 Å². The van der Waals surface area contributed by atoms with Gasteiger partial charge < -0.3 is 4.74 Å². The highest BCUT2D eigenvalue weighted by molar-refractivity contribution is 9.10. The number of hydrogen-bond donors (Lipinski definition) is 0. The number of ether oxygens (including phenoxy) is 1. The van der Waals surface area contributed by atoms with Crippen LogP contribution in [0.3, 0.4) is 0 Å². The van der Waals surface area contributed by atoms with E-state index in [1.165, 1.54) is 5.41 Å². The Labute approximate surface area is 127 Å². The first-order valence-corrected chi connectivity index (χ1v) is 8.18. The molecule has 104 valence electrons. The summed E-state index contributed by atoms with van der Waals surface area (Å²) >= 11 is 3.28. The third-order valence-electron chi connectivity index (χ3n) is 2.70. The van der Waals surface area contributed by atoms with E-state index < -0.39 is 9.84 Å². The molecule has 5 heteroatoms. The van der Waals surface area contributed by atoms with Crippen molar-refractivity contribution in [3.8, 4) is 5.75 Å². The molecule has 0 unspecified atom stereocenters. The van der Waals surface area contributed by atoms with Crippen LogP contribution >= 0.6 is 15.9 Å². The molecule has 0 aliphatic rings. The van der Waals surface area contributed by atoms with Gasteiger partial charge in [-0.1, -0.05) is 28.1 Å². The minimum absolute atomic E-state index is 0.269. The van der Waals surface area contributed by atoms with Gasteiger partial charge in [-0.3, -0.25) is 0 Å². The molecule has 0 saturated carbocycles. The summed E-state index contributed by atoms with van der Waals surface area (Å²) in [5.74, 6) is 0.734. The Kier molecular flexibility index (Phi) is 4.62. The first-order valence-electron chi connectivity index (χ1n) is 5.84. The second-order valence-corrected chi connectivity index (χ2v) is 6.82. The zero-order valence-corrected chi connectivity index (χ0v) is 13.2. The van der Waals surface area contributed by atoms with Crippen LogP contribution in [0.5, 0.6) is 5.75 Å². The van der Waals surface area contributed by atoms with Gasteiger partial charge in [-0.2, -0.15) is 0 Å².